The first-order valence-electron chi connectivity index (χ1n) is 4.56. The molecule has 0 aromatic heterocycles. The highest BCUT2D eigenvalue weighted by atomic mass is 16.6. The fourth-order valence-corrected chi connectivity index (χ4v) is 1.70. The molecule has 2 atom stereocenters. The van der Waals surface area contributed by atoms with Gasteiger partial charge in [0.1, 0.15) is 12.2 Å². The summed E-state index contributed by atoms with van der Waals surface area (Å²) in [6.07, 6.45) is 0.159. The Hall–Kier alpha value is -0.860. The van der Waals surface area contributed by atoms with Crippen molar-refractivity contribution in [2.75, 3.05) is 6.61 Å². The summed E-state index contributed by atoms with van der Waals surface area (Å²) in [5, 5.41) is 8.86. The Balaban J connectivity index is 2.22. The van der Waals surface area contributed by atoms with E-state index in [1.54, 1.807) is 0 Å². The minimum Gasteiger partial charge on any atom is -0.394 e. The molecular formula is C11H14O2. The second kappa shape index (κ2) is 3.13. The van der Waals surface area contributed by atoms with E-state index in [1.165, 1.54) is 16.7 Å². The molecule has 0 spiro atoms. The second-order valence-corrected chi connectivity index (χ2v) is 3.64. The third kappa shape index (κ3) is 1.60. The fraction of sp³-hybridized carbons (Fsp3) is 0.455. The molecule has 0 bridgehead atoms. The lowest BCUT2D eigenvalue weighted by Crippen LogP contribution is -1.96. The first-order valence-corrected chi connectivity index (χ1v) is 4.56. The van der Waals surface area contributed by atoms with Crippen molar-refractivity contribution >= 4 is 0 Å². The van der Waals surface area contributed by atoms with Crippen molar-refractivity contribution in [1.29, 1.82) is 0 Å². The van der Waals surface area contributed by atoms with Crippen molar-refractivity contribution in [2.45, 2.75) is 26.1 Å². The third-order valence-corrected chi connectivity index (χ3v) is 2.49. The molecule has 0 amide bonds. The minimum absolute atomic E-state index is 0.0291. The molecule has 0 aliphatic carbocycles. The molecule has 1 aromatic carbocycles. The number of ether oxygens (including phenoxy) is 1. The standard InChI is InChI=1S/C11H14O2/c1-7-3-4-9(8(2)5-7)11-10(6-12)13-11/h3-5,10-12H,6H2,1-2H3. The van der Waals surface area contributed by atoms with Crippen molar-refractivity contribution in [2.24, 2.45) is 0 Å². The molecule has 13 heavy (non-hydrogen) atoms. The highest BCUT2D eigenvalue weighted by Crippen LogP contribution is 2.39. The second-order valence-electron chi connectivity index (χ2n) is 3.64. The predicted octanol–water partition coefficient (Wildman–Crippen LogP) is 1.74. The van der Waals surface area contributed by atoms with Gasteiger partial charge in [0, 0.05) is 0 Å². The van der Waals surface area contributed by atoms with Crippen LogP contribution in [0.2, 0.25) is 0 Å². The number of rotatable bonds is 2. The van der Waals surface area contributed by atoms with Crippen LogP contribution in [0, 0.1) is 13.8 Å². The Morgan fingerprint density at radius 2 is 2.15 bits per heavy atom. The zero-order valence-electron chi connectivity index (χ0n) is 7.95. The normalized spacial score (nSPS) is 26.1. The molecule has 1 fully saturated rings. The smallest absolute Gasteiger partial charge is 0.112 e. The Labute approximate surface area is 78.2 Å². The van der Waals surface area contributed by atoms with Crippen LogP contribution in [-0.2, 0) is 4.74 Å². The van der Waals surface area contributed by atoms with Gasteiger partial charge in [-0.15, -0.1) is 0 Å². The molecule has 0 radical (unpaired) electrons. The van der Waals surface area contributed by atoms with E-state index in [0.29, 0.717) is 0 Å². The first kappa shape index (κ1) is 8.73. The van der Waals surface area contributed by atoms with Crippen molar-refractivity contribution in [3.05, 3.63) is 34.9 Å². The van der Waals surface area contributed by atoms with Crippen LogP contribution in [0.3, 0.4) is 0 Å². The van der Waals surface area contributed by atoms with Crippen LogP contribution in [0.15, 0.2) is 18.2 Å². The first-order chi connectivity index (χ1) is 6.22. The number of hydrogen-bond acceptors (Lipinski definition) is 2. The van der Waals surface area contributed by atoms with Gasteiger partial charge in [0.25, 0.3) is 0 Å². The maximum Gasteiger partial charge on any atom is 0.112 e. The van der Waals surface area contributed by atoms with Gasteiger partial charge >= 0.3 is 0 Å². The predicted molar refractivity (Wildman–Crippen MR) is 50.6 cm³/mol. The van der Waals surface area contributed by atoms with E-state index >= 15 is 0 Å². The largest absolute Gasteiger partial charge is 0.394 e. The van der Waals surface area contributed by atoms with E-state index in [1.807, 2.05) is 0 Å². The Bertz CT molecular complexity index is 320. The van der Waals surface area contributed by atoms with Crippen molar-refractivity contribution in [3.8, 4) is 0 Å². The van der Waals surface area contributed by atoms with Gasteiger partial charge in [0.05, 0.1) is 6.61 Å². The van der Waals surface area contributed by atoms with Crippen LogP contribution >= 0.6 is 0 Å². The van der Waals surface area contributed by atoms with Crippen LogP contribution in [0.1, 0.15) is 22.8 Å². The summed E-state index contributed by atoms with van der Waals surface area (Å²) < 4.78 is 5.32. The number of benzene rings is 1. The Morgan fingerprint density at radius 3 is 2.69 bits per heavy atom. The molecule has 1 aliphatic heterocycles. The van der Waals surface area contributed by atoms with Crippen LogP contribution in [-0.4, -0.2) is 17.8 Å². The number of epoxide rings is 1. The lowest BCUT2D eigenvalue weighted by atomic mass is 10.0. The highest BCUT2D eigenvalue weighted by molar-refractivity contribution is 5.34. The molecule has 2 heteroatoms. The maximum atomic E-state index is 8.86. The van der Waals surface area contributed by atoms with Gasteiger partial charge < -0.3 is 9.84 Å². The summed E-state index contributed by atoms with van der Waals surface area (Å²) in [7, 11) is 0. The highest BCUT2D eigenvalue weighted by Gasteiger charge is 2.40. The zero-order valence-corrected chi connectivity index (χ0v) is 7.95. The maximum absolute atomic E-state index is 8.86. The SMILES string of the molecule is Cc1ccc(C2OC2CO)c(C)c1. The lowest BCUT2D eigenvalue weighted by molar-refractivity contribution is 0.242. The third-order valence-electron chi connectivity index (χ3n) is 2.49. The summed E-state index contributed by atoms with van der Waals surface area (Å²) >= 11 is 0. The van der Waals surface area contributed by atoms with Crippen LogP contribution in [0.5, 0.6) is 0 Å². The Kier molecular flexibility index (Phi) is 2.10. The monoisotopic (exact) mass is 178 g/mol. The van der Waals surface area contributed by atoms with E-state index in [0.717, 1.165) is 0 Å². The average Bonchev–Trinajstić information content (AvgIpc) is 2.83. The molecule has 70 valence electrons. The molecular weight excluding hydrogens is 164 g/mol. The number of aliphatic hydroxyl groups excluding tert-OH is 1. The average molecular weight is 178 g/mol. The van der Waals surface area contributed by atoms with E-state index in [9.17, 15) is 0 Å². The minimum atomic E-state index is 0.0291. The topological polar surface area (TPSA) is 32.8 Å². The van der Waals surface area contributed by atoms with E-state index < -0.39 is 0 Å². The van der Waals surface area contributed by atoms with E-state index in [2.05, 4.69) is 32.0 Å². The van der Waals surface area contributed by atoms with Crippen molar-refractivity contribution in [1.82, 2.24) is 0 Å². The lowest BCUT2D eigenvalue weighted by Gasteiger charge is -2.02. The van der Waals surface area contributed by atoms with Gasteiger partial charge in [0.2, 0.25) is 0 Å². The summed E-state index contributed by atoms with van der Waals surface area (Å²) in [6, 6.07) is 6.31. The van der Waals surface area contributed by atoms with E-state index in [4.69, 9.17) is 9.84 Å². The Morgan fingerprint density at radius 1 is 1.38 bits per heavy atom. The molecule has 2 nitrogen and oxygen atoms in total. The van der Waals surface area contributed by atoms with Crippen molar-refractivity contribution in [3.63, 3.8) is 0 Å². The molecule has 0 saturated carbocycles. The van der Waals surface area contributed by atoms with E-state index in [-0.39, 0.29) is 18.8 Å². The summed E-state index contributed by atoms with van der Waals surface area (Å²) in [5.41, 5.74) is 3.73. The molecule has 1 heterocycles. The number of aryl methyl sites for hydroxylation is 2. The molecule has 1 aromatic rings. The van der Waals surface area contributed by atoms with Crippen LogP contribution in [0.25, 0.3) is 0 Å². The summed E-state index contributed by atoms with van der Waals surface area (Å²) in [5.74, 6) is 0. The molecule has 1 saturated heterocycles. The quantitative estimate of drug-likeness (QED) is 0.700. The molecule has 2 unspecified atom stereocenters. The van der Waals surface area contributed by atoms with Gasteiger partial charge in [0.15, 0.2) is 0 Å². The molecule has 1 aliphatic rings. The molecule has 2 rings (SSSR count). The fourth-order valence-electron chi connectivity index (χ4n) is 1.70. The van der Waals surface area contributed by atoms with Gasteiger partial charge in [-0.25, -0.2) is 0 Å². The summed E-state index contributed by atoms with van der Waals surface area (Å²) in [4.78, 5) is 0. The van der Waals surface area contributed by atoms with Gasteiger partial charge in [-0.2, -0.15) is 0 Å². The van der Waals surface area contributed by atoms with Gasteiger partial charge in [-0.1, -0.05) is 23.8 Å². The number of hydrogen-bond donors (Lipinski definition) is 1. The van der Waals surface area contributed by atoms with Crippen molar-refractivity contribution < 1.29 is 9.84 Å². The number of aliphatic hydroxyl groups is 1. The summed E-state index contributed by atoms with van der Waals surface area (Å²) in [6.45, 7) is 4.28. The van der Waals surface area contributed by atoms with Crippen LogP contribution in [0.4, 0.5) is 0 Å². The zero-order chi connectivity index (χ0) is 9.42. The van der Waals surface area contributed by atoms with Gasteiger partial charge in [-0.3, -0.25) is 0 Å². The molecule has 1 N–H and O–H groups in total. The van der Waals surface area contributed by atoms with Gasteiger partial charge in [-0.05, 0) is 25.0 Å². The van der Waals surface area contributed by atoms with Crippen LogP contribution < -0.4 is 0 Å².